The molecule has 0 aromatic heterocycles. The van der Waals surface area contributed by atoms with Gasteiger partial charge in [-0.3, -0.25) is 0 Å². The van der Waals surface area contributed by atoms with Crippen molar-refractivity contribution < 1.29 is 17.9 Å². The molecule has 0 radical (unpaired) electrons. The van der Waals surface area contributed by atoms with Crippen molar-refractivity contribution in [3.63, 3.8) is 0 Å². The van der Waals surface area contributed by atoms with Gasteiger partial charge >= 0.3 is 0 Å². The Morgan fingerprint density at radius 1 is 1.37 bits per heavy atom. The topological polar surface area (TPSA) is 90.7 Å². The molecule has 108 valence electrons. The highest BCUT2D eigenvalue weighted by atomic mass is 32.2. The molecule has 1 atom stereocenters. The van der Waals surface area contributed by atoms with Crippen LogP contribution in [0.4, 0.5) is 5.69 Å². The van der Waals surface area contributed by atoms with E-state index in [1.165, 1.54) is 19.2 Å². The number of hydrogen-bond donors (Lipinski definition) is 2. The number of nitrogens with one attached hydrogen (secondary N) is 1. The Bertz CT molecular complexity index is 516. The third-order valence-electron chi connectivity index (χ3n) is 2.55. The van der Waals surface area contributed by atoms with E-state index in [0.717, 1.165) is 0 Å². The van der Waals surface area contributed by atoms with Gasteiger partial charge in [0.2, 0.25) is 10.0 Å². The smallest absolute Gasteiger partial charge is 0.244 e. The molecule has 3 N–H and O–H groups in total. The molecule has 1 aromatic rings. The Balaban J connectivity index is 2.91. The third-order valence-corrected chi connectivity index (χ3v) is 3.99. The van der Waals surface area contributed by atoms with Crippen molar-refractivity contribution in [3.8, 4) is 5.75 Å². The molecule has 0 fully saturated rings. The third kappa shape index (κ3) is 4.38. The van der Waals surface area contributed by atoms with E-state index in [4.69, 9.17) is 15.2 Å². The second kappa shape index (κ2) is 6.74. The molecular formula is C12H20N2O4S. The summed E-state index contributed by atoms with van der Waals surface area (Å²) in [5.74, 6) is 0.341. The van der Waals surface area contributed by atoms with Gasteiger partial charge in [-0.15, -0.1) is 0 Å². The number of nitrogen functional groups attached to an aromatic ring is 1. The normalized spacial score (nSPS) is 13.2. The van der Waals surface area contributed by atoms with E-state index in [1.807, 2.05) is 6.92 Å². The van der Waals surface area contributed by atoms with Crippen LogP contribution in [0.15, 0.2) is 23.1 Å². The lowest BCUT2D eigenvalue weighted by atomic mass is 10.2. The first-order valence-electron chi connectivity index (χ1n) is 5.82. The lowest BCUT2D eigenvalue weighted by Gasteiger charge is -2.14. The average molecular weight is 288 g/mol. The van der Waals surface area contributed by atoms with Gasteiger partial charge in [0.1, 0.15) is 10.6 Å². The Kier molecular flexibility index (Phi) is 5.59. The van der Waals surface area contributed by atoms with Gasteiger partial charge in [0.15, 0.2) is 0 Å². The fourth-order valence-corrected chi connectivity index (χ4v) is 2.94. The number of methoxy groups -OCH3 is 2. The summed E-state index contributed by atoms with van der Waals surface area (Å²) in [6, 6.07) is 4.50. The van der Waals surface area contributed by atoms with Crippen LogP contribution in [0, 0.1) is 5.92 Å². The number of anilines is 1. The number of sulfonamides is 1. The maximum absolute atomic E-state index is 12.2. The van der Waals surface area contributed by atoms with Crippen molar-refractivity contribution in [1.82, 2.24) is 4.72 Å². The highest BCUT2D eigenvalue weighted by Crippen LogP contribution is 2.25. The SMILES string of the molecule is COCC(C)CNS(=O)(=O)c1cc(N)ccc1OC. The molecule has 0 bridgehead atoms. The van der Waals surface area contributed by atoms with Crippen molar-refractivity contribution in [2.75, 3.05) is 33.1 Å². The zero-order chi connectivity index (χ0) is 14.5. The van der Waals surface area contributed by atoms with Gasteiger partial charge in [-0.05, 0) is 24.1 Å². The predicted octanol–water partition coefficient (Wildman–Crippen LogP) is 0.838. The van der Waals surface area contributed by atoms with Crippen molar-refractivity contribution >= 4 is 15.7 Å². The lowest BCUT2D eigenvalue weighted by molar-refractivity contribution is 0.161. The summed E-state index contributed by atoms with van der Waals surface area (Å²) >= 11 is 0. The molecule has 19 heavy (non-hydrogen) atoms. The van der Waals surface area contributed by atoms with Crippen molar-refractivity contribution in [2.24, 2.45) is 5.92 Å². The molecule has 1 unspecified atom stereocenters. The van der Waals surface area contributed by atoms with E-state index in [9.17, 15) is 8.42 Å². The summed E-state index contributed by atoms with van der Waals surface area (Å²) in [7, 11) is -0.659. The number of rotatable bonds is 7. The Morgan fingerprint density at radius 2 is 2.05 bits per heavy atom. The zero-order valence-electron chi connectivity index (χ0n) is 11.3. The molecule has 0 aliphatic carbocycles. The van der Waals surface area contributed by atoms with E-state index >= 15 is 0 Å². The van der Waals surface area contributed by atoms with Crippen LogP contribution in [0.2, 0.25) is 0 Å². The quantitative estimate of drug-likeness (QED) is 0.725. The Hall–Kier alpha value is -1.31. The van der Waals surface area contributed by atoms with Crippen LogP contribution >= 0.6 is 0 Å². The number of ether oxygens (including phenoxy) is 2. The van der Waals surface area contributed by atoms with Crippen LogP contribution in [0.25, 0.3) is 0 Å². The van der Waals surface area contributed by atoms with Crippen LogP contribution in [0.1, 0.15) is 6.92 Å². The van der Waals surface area contributed by atoms with E-state index in [1.54, 1.807) is 13.2 Å². The summed E-state index contributed by atoms with van der Waals surface area (Å²) in [6.07, 6.45) is 0. The first-order valence-corrected chi connectivity index (χ1v) is 7.31. The largest absolute Gasteiger partial charge is 0.495 e. The molecule has 1 rings (SSSR count). The molecule has 0 aliphatic heterocycles. The van der Waals surface area contributed by atoms with Gasteiger partial charge in [-0.1, -0.05) is 6.92 Å². The maximum atomic E-state index is 12.2. The minimum absolute atomic E-state index is 0.0413. The minimum atomic E-state index is -3.65. The van der Waals surface area contributed by atoms with Gasteiger partial charge in [0.05, 0.1) is 7.11 Å². The fraction of sp³-hybridized carbons (Fsp3) is 0.500. The van der Waals surface area contributed by atoms with E-state index < -0.39 is 10.0 Å². The fourth-order valence-electron chi connectivity index (χ4n) is 1.58. The Labute approximate surface area is 113 Å². The molecule has 0 aliphatic rings. The van der Waals surface area contributed by atoms with Crippen molar-refractivity contribution in [3.05, 3.63) is 18.2 Å². The zero-order valence-corrected chi connectivity index (χ0v) is 12.2. The lowest BCUT2D eigenvalue weighted by Crippen LogP contribution is -2.30. The van der Waals surface area contributed by atoms with Crippen LogP contribution in [0.3, 0.4) is 0 Å². The summed E-state index contributed by atoms with van der Waals surface area (Å²) in [5, 5.41) is 0. The van der Waals surface area contributed by atoms with E-state index in [0.29, 0.717) is 12.3 Å². The van der Waals surface area contributed by atoms with Gasteiger partial charge < -0.3 is 15.2 Å². The Morgan fingerprint density at radius 3 is 2.63 bits per heavy atom. The second-order valence-electron chi connectivity index (χ2n) is 4.32. The van der Waals surface area contributed by atoms with Gasteiger partial charge in [0, 0.05) is 25.9 Å². The average Bonchev–Trinajstić information content (AvgIpc) is 2.37. The van der Waals surface area contributed by atoms with Crippen LogP contribution in [0.5, 0.6) is 5.75 Å². The summed E-state index contributed by atoms with van der Waals surface area (Å²) in [5.41, 5.74) is 5.98. The predicted molar refractivity (Wildman–Crippen MR) is 73.6 cm³/mol. The molecule has 0 heterocycles. The minimum Gasteiger partial charge on any atom is -0.495 e. The molecule has 0 saturated carbocycles. The number of benzene rings is 1. The summed E-state index contributed by atoms with van der Waals surface area (Å²) in [6.45, 7) is 2.66. The molecule has 0 spiro atoms. The molecule has 1 aromatic carbocycles. The summed E-state index contributed by atoms with van der Waals surface area (Å²) in [4.78, 5) is 0.0413. The van der Waals surface area contributed by atoms with Crippen LogP contribution < -0.4 is 15.2 Å². The van der Waals surface area contributed by atoms with Gasteiger partial charge in [0.25, 0.3) is 0 Å². The highest BCUT2D eigenvalue weighted by molar-refractivity contribution is 7.89. The van der Waals surface area contributed by atoms with Gasteiger partial charge in [-0.25, -0.2) is 13.1 Å². The van der Waals surface area contributed by atoms with Gasteiger partial charge in [-0.2, -0.15) is 0 Å². The highest BCUT2D eigenvalue weighted by Gasteiger charge is 2.20. The van der Waals surface area contributed by atoms with Crippen LogP contribution in [-0.2, 0) is 14.8 Å². The number of hydrogen-bond acceptors (Lipinski definition) is 5. The molecule has 7 heteroatoms. The van der Waals surface area contributed by atoms with Crippen molar-refractivity contribution in [2.45, 2.75) is 11.8 Å². The summed E-state index contributed by atoms with van der Waals surface area (Å²) < 4.78 is 36.9. The molecule has 0 saturated heterocycles. The van der Waals surface area contributed by atoms with Crippen molar-refractivity contribution in [1.29, 1.82) is 0 Å². The van der Waals surface area contributed by atoms with E-state index in [2.05, 4.69) is 4.72 Å². The first kappa shape index (κ1) is 15.7. The first-order chi connectivity index (χ1) is 8.90. The molecular weight excluding hydrogens is 268 g/mol. The standard InChI is InChI=1S/C12H20N2O4S/c1-9(8-17-2)7-14-19(15,16)12-6-10(13)4-5-11(12)18-3/h4-6,9,14H,7-8,13H2,1-3H3. The second-order valence-corrected chi connectivity index (χ2v) is 6.06. The van der Waals surface area contributed by atoms with E-state index in [-0.39, 0.29) is 23.1 Å². The molecule has 6 nitrogen and oxygen atoms in total. The monoisotopic (exact) mass is 288 g/mol. The maximum Gasteiger partial charge on any atom is 0.244 e. The van der Waals surface area contributed by atoms with Crippen LogP contribution in [-0.4, -0.2) is 35.8 Å². The number of nitrogens with two attached hydrogens (primary N) is 1. The molecule has 0 amide bonds.